The Kier molecular flexibility index (Phi) is 3.17. The summed E-state index contributed by atoms with van der Waals surface area (Å²) in [6.07, 6.45) is 3.99. The molecule has 98 valence electrons. The van der Waals surface area contributed by atoms with Crippen LogP contribution in [0.3, 0.4) is 0 Å². The number of nitrogens with zero attached hydrogens (tertiary/aromatic N) is 2. The Morgan fingerprint density at radius 3 is 2.84 bits per heavy atom. The van der Waals surface area contributed by atoms with E-state index in [4.69, 9.17) is 5.11 Å². The molecule has 4 nitrogen and oxygen atoms in total. The van der Waals surface area contributed by atoms with Crippen LogP contribution in [-0.4, -0.2) is 33.5 Å². The Morgan fingerprint density at radius 2 is 2.11 bits per heavy atom. The van der Waals surface area contributed by atoms with Crippen molar-refractivity contribution in [2.75, 3.05) is 6.54 Å². The van der Waals surface area contributed by atoms with Crippen LogP contribution < -0.4 is 0 Å². The fourth-order valence-electron chi connectivity index (χ4n) is 2.43. The van der Waals surface area contributed by atoms with E-state index in [1.807, 2.05) is 29.2 Å². The molecule has 1 heterocycles. The Hall–Kier alpha value is -1.94. The second kappa shape index (κ2) is 4.97. The van der Waals surface area contributed by atoms with Crippen LogP contribution in [-0.2, 0) is 11.3 Å². The maximum Gasteiger partial charge on any atom is 0.317 e. The van der Waals surface area contributed by atoms with Gasteiger partial charge in [0.2, 0.25) is 0 Å². The molecular formula is C15H16N2O2. The molecule has 1 aliphatic rings. The molecule has 1 N–H and O–H groups in total. The number of carboxylic acid groups (broad SMARTS) is 1. The van der Waals surface area contributed by atoms with E-state index in [1.165, 1.54) is 0 Å². The summed E-state index contributed by atoms with van der Waals surface area (Å²) in [6, 6.07) is 10.5. The number of pyridine rings is 1. The number of aromatic nitrogens is 1. The Morgan fingerprint density at radius 1 is 1.32 bits per heavy atom. The molecule has 1 aromatic heterocycles. The van der Waals surface area contributed by atoms with Gasteiger partial charge < -0.3 is 5.11 Å². The van der Waals surface area contributed by atoms with Gasteiger partial charge in [-0.05, 0) is 24.3 Å². The molecule has 0 atom stereocenters. The third-order valence-corrected chi connectivity index (χ3v) is 3.51. The van der Waals surface area contributed by atoms with Gasteiger partial charge in [0.1, 0.15) is 0 Å². The second-order valence-corrected chi connectivity index (χ2v) is 5.01. The molecule has 0 saturated heterocycles. The highest BCUT2D eigenvalue weighted by molar-refractivity contribution is 5.84. The molecule has 1 aliphatic carbocycles. The standard InChI is InChI=1S/C15H16N2O2/c18-15(19)10-17(12-5-6-12)9-14-13-4-2-1-3-11(13)7-8-16-14/h1-4,7-8,12H,5-6,9-10H2,(H,18,19). The summed E-state index contributed by atoms with van der Waals surface area (Å²) in [5.41, 5.74) is 0.964. The average Bonchev–Trinajstić information content (AvgIpc) is 3.22. The van der Waals surface area contributed by atoms with E-state index in [-0.39, 0.29) is 6.54 Å². The largest absolute Gasteiger partial charge is 0.480 e. The van der Waals surface area contributed by atoms with Crippen molar-refractivity contribution in [3.63, 3.8) is 0 Å². The molecule has 0 amide bonds. The third kappa shape index (κ3) is 2.74. The van der Waals surface area contributed by atoms with Crippen molar-refractivity contribution in [2.24, 2.45) is 0 Å². The SMILES string of the molecule is O=C(O)CN(Cc1nccc2ccccc12)C1CC1. The fraction of sp³-hybridized carbons (Fsp3) is 0.333. The van der Waals surface area contributed by atoms with Gasteiger partial charge in [-0.1, -0.05) is 24.3 Å². The summed E-state index contributed by atoms with van der Waals surface area (Å²) in [6.45, 7) is 0.702. The lowest BCUT2D eigenvalue weighted by atomic mass is 10.1. The minimum Gasteiger partial charge on any atom is -0.480 e. The van der Waals surface area contributed by atoms with Gasteiger partial charge in [0.25, 0.3) is 0 Å². The number of hydrogen-bond donors (Lipinski definition) is 1. The molecular weight excluding hydrogens is 240 g/mol. The van der Waals surface area contributed by atoms with Crippen LogP contribution in [0.25, 0.3) is 10.8 Å². The van der Waals surface area contributed by atoms with E-state index in [2.05, 4.69) is 11.1 Å². The minimum absolute atomic E-state index is 0.0928. The smallest absolute Gasteiger partial charge is 0.317 e. The van der Waals surface area contributed by atoms with Crippen molar-refractivity contribution in [1.29, 1.82) is 0 Å². The van der Waals surface area contributed by atoms with Gasteiger partial charge in [-0.15, -0.1) is 0 Å². The summed E-state index contributed by atoms with van der Waals surface area (Å²) < 4.78 is 0. The molecule has 3 rings (SSSR count). The van der Waals surface area contributed by atoms with Crippen LogP contribution in [0.5, 0.6) is 0 Å². The van der Waals surface area contributed by atoms with E-state index in [0.717, 1.165) is 29.3 Å². The zero-order chi connectivity index (χ0) is 13.2. The molecule has 0 aliphatic heterocycles. The highest BCUT2D eigenvalue weighted by Crippen LogP contribution is 2.29. The molecule has 19 heavy (non-hydrogen) atoms. The molecule has 0 unspecified atom stereocenters. The van der Waals surface area contributed by atoms with Crippen LogP contribution in [0.4, 0.5) is 0 Å². The summed E-state index contributed by atoms with van der Waals surface area (Å²) >= 11 is 0. The Balaban J connectivity index is 1.89. The molecule has 0 bridgehead atoms. The van der Waals surface area contributed by atoms with E-state index in [1.54, 1.807) is 6.20 Å². The third-order valence-electron chi connectivity index (χ3n) is 3.51. The van der Waals surface area contributed by atoms with Gasteiger partial charge in [0, 0.05) is 24.2 Å². The van der Waals surface area contributed by atoms with Gasteiger partial charge in [0.15, 0.2) is 0 Å². The first-order valence-corrected chi connectivity index (χ1v) is 6.52. The van der Waals surface area contributed by atoms with Crippen LogP contribution in [0.2, 0.25) is 0 Å². The number of fused-ring (bicyclic) bond motifs is 1. The van der Waals surface area contributed by atoms with Crippen LogP contribution >= 0.6 is 0 Å². The van der Waals surface area contributed by atoms with Gasteiger partial charge in [-0.2, -0.15) is 0 Å². The summed E-state index contributed by atoms with van der Waals surface area (Å²) in [4.78, 5) is 17.4. The maximum absolute atomic E-state index is 10.9. The quantitative estimate of drug-likeness (QED) is 0.891. The highest BCUT2D eigenvalue weighted by atomic mass is 16.4. The number of hydrogen-bond acceptors (Lipinski definition) is 3. The Bertz CT molecular complexity index is 603. The van der Waals surface area contributed by atoms with Crippen LogP contribution in [0.1, 0.15) is 18.5 Å². The maximum atomic E-state index is 10.9. The number of carbonyl (C=O) groups is 1. The molecule has 1 aromatic carbocycles. The molecule has 0 spiro atoms. The Labute approximate surface area is 111 Å². The zero-order valence-electron chi connectivity index (χ0n) is 10.6. The van der Waals surface area contributed by atoms with E-state index in [0.29, 0.717) is 12.6 Å². The molecule has 1 fully saturated rings. The monoisotopic (exact) mass is 256 g/mol. The summed E-state index contributed by atoms with van der Waals surface area (Å²) in [7, 11) is 0. The predicted molar refractivity (Wildman–Crippen MR) is 72.8 cm³/mol. The number of aliphatic carboxylic acids is 1. The van der Waals surface area contributed by atoms with Crippen LogP contribution in [0.15, 0.2) is 36.5 Å². The van der Waals surface area contributed by atoms with Crippen molar-refractivity contribution in [1.82, 2.24) is 9.88 Å². The molecule has 2 aromatic rings. The zero-order valence-corrected chi connectivity index (χ0v) is 10.6. The van der Waals surface area contributed by atoms with Crippen molar-refractivity contribution >= 4 is 16.7 Å². The number of benzene rings is 1. The first kappa shape index (κ1) is 12.1. The highest BCUT2D eigenvalue weighted by Gasteiger charge is 2.30. The van der Waals surface area contributed by atoms with E-state index in [9.17, 15) is 4.79 Å². The molecule has 0 radical (unpaired) electrons. The van der Waals surface area contributed by atoms with Crippen molar-refractivity contribution in [3.8, 4) is 0 Å². The fourth-order valence-corrected chi connectivity index (χ4v) is 2.43. The van der Waals surface area contributed by atoms with Crippen molar-refractivity contribution in [3.05, 3.63) is 42.2 Å². The van der Waals surface area contributed by atoms with E-state index >= 15 is 0 Å². The van der Waals surface area contributed by atoms with Gasteiger partial charge in [-0.3, -0.25) is 14.7 Å². The minimum atomic E-state index is -0.771. The second-order valence-electron chi connectivity index (χ2n) is 5.01. The van der Waals surface area contributed by atoms with Crippen LogP contribution in [0, 0.1) is 0 Å². The van der Waals surface area contributed by atoms with Gasteiger partial charge >= 0.3 is 5.97 Å². The van der Waals surface area contributed by atoms with Gasteiger partial charge in [0.05, 0.1) is 12.2 Å². The number of carboxylic acids is 1. The van der Waals surface area contributed by atoms with E-state index < -0.39 is 5.97 Å². The molecule has 1 saturated carbocycles. The lowest BCUT2D eigenvalue weighted by Crippen LogP contribution is -2.31. The molecule has 4 heteroatoms. The summed E-state index contributed by atoms with van der Waals surface area (Å²) in [5, 5.41) is 11.3. The lowest BCUT2D eigenvalue weighted by molar-refractivity contribution is -0.138. The number of rotatable bonds is 5. The normalized spacial score (nSPS) is 15.0. The first-order valence-electron chi connectivity index (χ1n) is 6.52. The topological polar surface area (TPSA) is 53.4 Å². The van der Waals surface area contributed by atoms with Crippen molar-refractivity contribution in [2.45, 2.75) is 25.4 Å². The van der Waals surface area contributed by atoms with Gasteiger partial charge in [-0.25, -0.2) is 0 Å². The summed E-state index contributed by atoms with van der Waals surface area (Å²) in [5.74, 6) is -0.771. The average molecular weight is 256 g/mol. The first-order chi connectivity index (χ1) is 9.24. The lowest BCUT2D eigenvalue weighted by Gasteiger charge is -2.19. The predicted octanol–water partition coefficient (Wildman–Crippen LogP) is 2.28. The van der Waals surface area contributed by atoms with Crippen molar-refractivity contribution < 1.29 is 9.90 Å².